The molecule has 0 aliphatic carbocycles. The summed E-state index contributed by atoms with van der Waals surface area (Å²) in [6.45, 7) is 1.76. The van der Waals surface area contributed by atoms with Crippen LogP contribution >= 0.6 is 7.82 Å². The lowest BCUT2D eigenvalue weighted by Crippen LogP contribution is -2.43. The zero-order chi connectivity index (χ0) is 17.6. The number of phosphoric acid groups is 1. The fraction of sp³-hybridized carbons (Fsp3) is 0.909. The molecule has 0 bridgehead atoms. The Labute approximate surface area is 135 Å². The Hall–Kier alpha value is -0.515. The number of hydrogen-bond acceptors (Lipinski definition) is 7. The Balaban J connectivity index is 2.63. The summed E-state index contributed by atoms with van der Waals surface area (Å²) in [5.41, 5.74) is 5.27. The van der Waals surface area contributed by atoms with E-state index < -0.39 is 38.2 Å². The molecule has 132 valence electrons. The molecule has 2 radical (unpaired) electrons. The maximum absolute atomic E-state index is 11.5. The highest BCUT2D eigenvalue weighted by Gasteiger charge is 2.47. The second-order valence-electron chi connectivity index (χ2n) is 4.98. The number of rotatable bonds is 9. The first-order chi connectivity index (χ1) is 10.7. The van der Waals surface area contributed by atoms with Gasteiger partial charge in [0, 0.05) is 26.2 Å². The van der Waals surface area contributed by atoms with Gasteiger partial charge in [0.15, 0.2) is 0 Å². The Bertz CT molecular complexity index is 436. The molecule has 1 fully saturated rings. The summed E-state index contributed by atoms with van der Waals surface area (Å²) < 4.78 is 31.6. The van der Waals surface area contributed by atoms with Crippen molar-refractivity contribution >= 4 is 21.6 Å². The summed E-state index contributed by atoms with van der Waals surface area (Å²) in [5, 5.41) is 2.53. The molecule has 23 heavy (non-hydrogen) atoms. The lowest BCUT2D eigenvalue weighted by atomic mass is 9.92. The number of ether oxygens (including phenoxy) is 3. The van der Waals surface area contributed by atoms with E-state index in [9.17, 15) is 9.36 Å². The number of hydrogen-bond donors (Lipinski definition) is 4. The summed E-state index contributed by atoms with van der Waals surface area (Å²) in [6.07, 6.45) is -3.41. The van der Waals surface area contributed by atoms with Gasteiger partial charge in [0.05, 0.1) is 6.10 Å². The van der Waals surface area contributed by atoms with Gasteiger partial charge in [-0.05, 0) is 6.92 Å². The van der Waals surface area contributed by atoms with Crippen LogP contribution in [0, 0.1) is 0 Å². The third-order valence-corrected chi connectivity index (χ3v) is 3.80. The van der Waals surface area contributed by atoms with Crippen molar-refractivity contribution in [1.29, 1.82) is 0 Å². The smallest absolute Gasteiger partial charge is 0.376 e. The number of phosphoric ester groups is 1. The quantitative estimate of drug-likeness (QED) is 0.269. The van der Waals surface area contributed by atoms with Gasteiger partial charge >= 0.3 is 7.82 Å². The van der Waals surface area contributed by atoms with Crippen LogP contribution in [0.2, 0.25) is 0 Å². The van der Waals surface area contributed by atoms with E-state index in [1.54, 1.807) is 0 Å². The predicted octanol–water partition coefficient (Wildman–Crippen LogP) is -2.15. The third kappa shape index (κ3) is 6.48. The molecule has 1 amide bonds. The first-order valence-corrected chi connectivity index (χ1v) is 8.48. The van der Waals surface area contributed by atoms with Crippen molar-refractivity contribution in [2.24, 2.45) is 5.73 Å². The van der Waals surface area contributed by atoms with E-state index in [2.05, 4.69) is 9.84 Å². The Morgan fingerprint density at radius 1 is 1.48 bits per heavy atom. The average Bonchev–Trinajstić information content (AvgIpc) is 2.77. The molecule has 12 heteroatoms. The highest BCUT2D eigenvalue weighted by atomic mass is 31.2. The Kier molecular flexibility index (Phi) is 8.12. The average molecular weight is 352 g/mol. The fourth-order valence-electron chi connectivity index (χ4n) is 2.26. The summed E-state index contributed by atoms with van der Waals surface area (Å²) in [7, 11) is 2.48. The first kappa shape index (κ1) is 20.5. The van der Waals surface area contributed by atoms with Gasteiger partial charge in [0.1, 0.15) is 32.8 Å². The Morgan fingerprint density at radius 2 is 2.13 bits per heavy atom. The van der Waals surface area contributed by atoms with E-state index in [-0.39, 0.29) is 12.5 Å². The van der Waals surface area contributed by atoms with Crippen LogP contribution in [0.3, 0.4) is 0 Å². The van der Waals surface area contributed by atoms with Crippen LogP contribution in [-0.2, 0) is 28.1 Å². The van der Waals surface area contributed by atoms with Gasteiger partial charge in [0.2, 0.25) is 5.91 Å². The molecule has 0 aromatic carbocycles. The third-order valence-electron chi connectivity index (χ3n) is 3.20. The van der Waals surface area contributed by atoms with Crippen molar-refractivity contribution in [1.82, 2.24) is 5.32 Å². The Morgan fingerprint density at radius 3 is 2.65 bits per heavy atom. The summed E-state index contributed by atoms with van der Waals surface area (Å²) in [5.74, 6) is -0.375. The fourth-order valence-corrected chi connectivity index (χ4v) is 2.81. The SMILES string of the molecule is [B][C@@H]1O[C@H](C(C)OP(=O)(O)O)[C@@H](OC)[C@H]1OCC(=O)NCCN. The van der Waals surface area contributed by atoms with Crippen LogP contribution < -0.4 is 11.1 Å². The monoisotopic (exact) mass is 352 g/mol. The molecule has 0 spiro atoms. The minimum Gasteiger partial charge on any atom is -0.376 e. The zero-order valence-electron chi connectivity index (χ0n) is 13.0. The lowest BCUT2D eigenvalue weighted by Gasteiger charge is -2.26. The van der Waals surface area contributed by atoms with E-state index in [1.807, 2.05) is 0 Å². The van der Waals surface area contributed by atoms with E-state index in [1.165, 1.54) is 14.0 Å². The molecule has 1 aliphatic heterocycles. The van der Waals surface area contributed by atoms with Crippen molar-refractivity contribution in [2.75, 3.05) is 26.8 Å². The minimum absolute atomic E-state index is 0.276. The summed E-state index contributed by atoms with van der Waals surface area (Å²) >= 11 is 0. The molecule has 10 nitrogen and oxygen atoms in total. The number of nitrogens with two attached hydrogens (primary N) is 1. The molecule has 5 atom stereocenters. The van der Waals surface area contributed by atoms with Gasteiger partial charge in [-0.3, -0.25) is 9.32 Å². The topological polar surface area (TPSA) is 150 Å². The highest BCUT2D eigenvalue weighted by Crippen LogP contribution is 2.40. The number of carbonyl (C=O) groups is 1. The molecule has 0 saturated carbocycles. The van der Waals surface area contributed by atoms with Gasteiger partial charge in [-0.15, -0.1) is 0 Å². The second kappa shape index (κ2) is 9.09. The normalized spacial score (nSPS) is 29.4. The van der Waals surface area contributed by atoms with Crippen molar-refractivity contribution in [3.05, 3.63) is 0 Å². The van der Waals surface area contributed by atoms with Crippen molar-refractivity contribution in [2.45, 2.75) is 37.3 Å². The van der Waals surface area contributed by atoms with Crippen LogP contribution in [0.25, 0.3) is 0 Å². The molecule has 0 aromatic rings. The minimum atomic E-state index is -4.69. The summed E-state index contributed by atoms with van der Waals surface area (Å²) in [6, 6.07) is -0.935. The molecule has 0 aromatic heterocycles. The molecular weight excluding hydrogens is 330 g/mol. The van der Waals surface area contributed by atoms with Crippen LogP contribution in [0.5, 0.6) is 0 Å². The van der Waals surface area contributed by atoms with E-state index in [4.69, 9.17) is 37.6 Å². The van der Waals surface area contributed by atoms with Gasteiger partial charge in [-0.1, -0.05) is 0 Å². The van der Waals surface area contributed by atoms with Crippen molar-refractivity contribution < 1.29 is 37.9 Å². The second-order valence-corrected chi connectivity index (χ2v) is 6.17. The van der Waals surface area contributed by atoms with Crippen molar-refractivity contribution in [3.63, 3.8) is 0 Å². The van der Waals surface area contributed by atoms with E-state index in [0.717, 1.165) is 0 Å². The van der Waals surface area contributed by atoms with Crippen LogP contribution in [0.1, 0.15) is 6.92 Å². The number of amides is 1. The largest absolute Gasteiger partial charge is 0.469 e. The number of methoxy groups -OCH3 is 1. The zero-order valence-corrected chi connectivity index (χ0v) is 13.8. The maximum atomic E-state index is 11.5. The number of nitrogens with one attached hydrogen (secondary N) is 1. The molecule has 1 unspecified atom stereocenters. The lowest BCUT2D eigenvalue weighted by molar-refractivity contribution is -0.130. The first-order valence-electron chi connectivity index (χ1n) is 6.95. The molecule has 5 N–H and O–H groups in total. The molecular formula is C11H22BN2O8P. The van der Waals surface area contributed by atoms with Gasteiger partial charge in [0.25, 0.3) is 0 Å². The highest BCUT2D eigenvalue weighted by molar-refractivity contribution is 7.46. The molecule has 1 saturated heterocycles. The van der Waals surface area contributed by atoms with Crippen molar-refractivity contribution in [3.8, 4) is 0 Å². The summed E-state index contributed by atoms with van der Waals surface area (Å²) in [4.78, 5) is 29.3. The van der Waals surface area contributed by atoms with Gasteiger partial charge in [-0.2, -0.15) is 0 Å². The number of carbonyl (C=O) groups excluding carboxylic acids is 1. The van der Waals surface area contributed by atoms with Crippen LogP contribution in [-0.4, -0.2) is 80.8 Å². The van der Waals surface area contributed by atoms with Crippen LogP contribution in [0.15, 0.2) is 0 Å². The van der Waals surface area contributed by atoms with Gasteiger partial charge in [-0.25, -0.2) is 4.57 Å². The van der Waals surface area contributed by atoms with E-state index >= 15 is 0 Å². The van der Waals surface area contributed by atoms with Gasteiger partial charge < -0.3 is 35.0 Å². The molecule has 1 rings (SSSR count). The molecule has 1 heterocycles. The van der Waals surface area contributed by atoms with E-state index in [0.29, 0.717) is 13.1 Å². The standard InChI is InChI=1S/C11H22BN2O8P/c1-6(22-23(16,17)18)8-9(19-2)10(11(12)21-8)20-5-7(15)14-4-3-13/h6,8-11H,3-5,13H2,1-2H3,(H,14,15)(H2,16,17,18)/t6?,8-,9-,10-,11-/m1/s1. The molecule has 1 aliphatic rings. The maximum Gasteiger partial charge on any atom is 0.469 e. The predicted molar refractivity (Wildman–Crippen MR) is 79.6 cm³/mol. The van der Waals surface area contributed by atoms with Crippen LogP contribution in [0.4, 0.5) is 0 Å².